The zero-order chi connectivity index (χ0) is 55.0. The van der Waals surface area contributed by atoms with Crippen molar-refractivity contribution in [2.75, 3.05) is 13.2 Å². The molecule has 0 aliphatic carbocycles. The molecule has 1 atom stereocenters. The van der Waals surface area contributed by atoms with Gasteiger partial charge in [0, 0.05) is 19.3 Å². The van der Waals surface area contributed by atoms with Crippen LogP contribution in [-0.2, 0) is 28.6 Å². The molecule has 0 fully saturated rings. The summed E-state index contributed by atoms with van der Waals surface area (Å²) < 4.78 is 16.9. The van der Waals surface area contributed by atoms with Gasteiger partial charge in [-0.05, 0) is 83.5 Å². The number of unbranched alkanes of at least 4 members (excludes halogenated alkanes) is 37. The summed E-state index contributed by atoms with van der Waals surface area (Å²) in [6.07, 6.45) is 83.5. The molecule has 0 spiro atoms. The van der Waals surface area contributed by atoms with Crippen molar-refractivity contribution in [3.63, 3.8) is 0 Å². The molecule has 0 bridgehead atoms. The Morgan fingerprint density at radius 2 is 0.539 bits per heavy atom. The van der Waals surface area contributed by atoms with Crippen LogP contribution in [0.3, 0.4) is 0 Å². The second-order valence-corrected chi connectivity index (χ2v) is 22.0. The maximum Gasteiger partial charge on any atom is 0.306 e. The van der Waals surface area contributed by atoms with Gasteiger partial charge in [0.15, 0.2) is 6.10 Å². The molecule has 1 unspecified atom stereocenters. The molecule has 0 aromatic carbocycles. The first kappa shape index (κ1) is 72.8. The highest BCUT2D eigenvalue weighted by Crippen LogP contribution is 2.18. The van der Waals surface area contributed by atoms with E-state index >= 15 is 0 Å². The van der Waals surface area contributed by atoms with Crippen LogP contribution in [0.15, 0.2) is 72.9 Å². The molecule has 0 aliphatic heterocycles. The van der Waals surface area contributed by atoms with E-state index in [1.807, 2.05) is 0 Å². The van der Waals surface area contributed by atoms with Crippen LogP contribution in [0, 0.1) is 0 Å². The van der Waals surface area contributed by atoms with E-state index in [0.29, 0.717) is 19.3 Å². The summed E-state index contributed by atoms with van der Waals surface area (Å²) in [5.41, 5.74) is 0. The highest BCUT2D eigenvalue weighted by molar-refractivity contribution is 5.71. The van der Waals surface area contributed by atoms with Gasteiger partial charge in [-0.2, -0.15) is 0 Å². The SMILES string of the molecule is CC/C=C\C/C=C\C/C=C\C/C=C\CCCCCCCCC(=O)OC(COC(=O)CCCCCCC/C=C\C/C=C\CCC)COC(=O)CCCCCCCCCCCCCCCCCCCCCCCCCCCC. The second kappa shape index (κ2) is 64.4. The second-order valence-electron chi connectivity index (χ2n) is 22.0. The summed E-state index contributed by atoms with van der Waals surface area (Å²) in [5, 5.41) is 0. The fraction of sp³-hybridized carbons (Fsp3) is 0.786. The quantitative estimate of drug-likeness (QED) is 0.0261. The van der Waals surface area contributed by atoms with Gasteiger partial charge >= 0.3 is 17.9 Å². The zero-order valence-corrected chi connectivity index (χ0v) is 50.5. The van der Waals surface area contributed by atoms with E-state index in [2.05, 4.69) is 93.7 Å². The minimum absolute atomic E-state index is 0.0833. The average Bonchev–Trinajstić information content (AvgIpc) is 3.42. The first-order valence-electron chi connectivity index (χ1n) is 32.9. The van der Waals surface area contributed by atoms with Crippen LogP contribution in [0.2, 0.25) is 0 Å². The molecule has 0 amide bonds. The van der Waals surface area contributed by atoms with E-state index in [-0.39, 0.29) is 31.1 Å². The van der Waals surface area contributed by atoms with Gasteiger partial charge < -0.3 is 14.2 Å². The number of esters is 3. The fourth-order valence-electron chi connectivity index (χ4n) is 9.53. The van der Waals surface area contributed by atoms with Gasteiger partial charge in [-0.25, -0.2) is 0 Å². The van der Waals surface area contributed by atoms with Gasteiger partial charge in [0.2, 0.25) is 0 Å². The molecule has 0 aliphatic rings. The summed E-state index contributed by atoms with van der Waals surface area (Å²) >= 11 is 0. The molecule has 6 heteroatoms. The Balaban J connectivity index is 4.27. The Bertz CT molecular complexity index is 1400. The molecule has 440 valence electrons. The van der Waals surface area contributed by atoms with Crippen molar-refractivity contribution in [1.82, 2.24) is 0 Å². The van der Waals surface area contributed by atoms with Crippen molar-refractivity contribution in [1.29, 1.82) is 0 Å². The van der Waals surface area contributed by atoms with E-state index < -0.39 is 6.10 Å². The monoisotopic (exact) mass is 1060 g/mol. The summed E-state index contributed by atoms with van der Waals surface area (Å²) in [7, 11) is 0. The fourth-order valence-corrected chi connectivity index (χ4v) is 9.53. The van der Waals surface area contributed by atoms with Gasteiger partial charge in [0.05, 0.1) is 0 Å². The molecule has 0 heterocycles. The first-order valence-corrected chi connectivity index (χ1v) is 32.9. The van der Waals surface area contributed by atoms with Crippen LogP contribution < -0.4 is 0 Å². The molecular weight excluding hydrogens is 937 g/mol. The third-order valence-corrected chi connectivity index (χ3v) is 14.4. The maximum absolute atomic E-state index is 12.9. The number of carbonyl (C=O) groups excluding carboxylic acids is 3. The predicted molar refractivity (Wildman–Crippen MR) is 330 cm³/mol. The van der Waals surface area contributed by atoms with Crippen LogP contribution in [0.4, 0.5) is 0 Å². The lowest BCUT2D eigenvalue weighted by Gasteiger charge is -2.18. The van der Waals surface area contributed by atoms with Crippen molar-refractivity contribution < 1.29 is 28.6 Å². The number of rotatable bonds is 60. The Morgan fingerprint density at radius 3 is 0.855 bits per heavy atom. The van der Waals surface area contributed by atoms with Crippen LogP contribution in [0.1, 0.15) is 335 Å². The molecule has 0 radical (unpaired) electrons. The highest BCUT2D eigenvalue weighted by Gasteiger charge is 2.19. The van der Waals surface area contributed by atoms with Gasteiger partial charge in [0.25, 0.3) is 0 Å². The van der Waals surface area contributed by atoms with E-state index in [9.17, 15) is 14.4 Å². The van der Waals surface area contributed by atoms with Crippen LogP contribution in [0.25, 0.3) is 0 Å². The molecule has 0 saturated carbocycles. The van der Waals surface area contributed by atoms with Crippen LogP contribution >= 0.6 is 0 Å². The van der Waals surface area contributed by atoms with Crippen LogP contribution in [-0.4, -0.2) is 37.2 Å². The third-order valence-electron chi connectivity index (χ3n) is 14.4. The highest BCUT2D eigenvalue weighted by atomic mass is 16.6. The lowest BCUT2D eigenvalue weighted by atomic mass is 10.0. The largest absolute Gasteiger partial charge is 0.462 e. The van der Waals surface area contributed by atoms with Gasteiger partial charge in [-0.1, -0.05) is 306 Å². The van der Waals surface area contributed by atoms with Crippen molar-refractivity contribution in [2.45, 2.75) is 341 Å². The normalized spacial score (nSPS) is 12.5. The molecule has 0 aromatic rings. The number of carbonyl (C=O) groups is 3. The molecule has 76 heavy (non-hydrogen) atoms. The first-order chi connectivity index (χ1) is 37.5. The molecular formula is C70H124O6. The molecule has 0 rings (SSSR count). The van der Waals surface area contributed by atoms with Gasteiger partial charge in [-0.3, -0.25) is 14.4 Å². The number of ether oxygens (including phenoxy) is 3. The minimum atomic E-state index is -0.789. The summed E-state index contributed by atoms with van der Waals surface area (Å²) in [4.78, 5) is 38.3. The lowest BCUT2D eigenvalue weighted by Crippen LogP contribution is -2.30. The number of hydrogen-bond donors (Lipinski definition) is 0. The van der Waals surface area contributed by atoms with Gasteiger partial charge in [0.1, 0.15) is 13.2 Å². The Kier molecular flexibility index (Phi) is 61.7. The average molecular weight is 1060 g/mol. The molecule has 0 saturated heterocycles. The van der Waals surface area contributed by atoms with Crippen molar-refractivity contribution in [3.8, 4) is 0 Å². The van der Waals surface area contributed by atoms with Gasteiger partial charge in [-0.15, -0.1) is 0 Å². The van der Waals surface area contributed by atoms with Crippen molar-refractivity contribution in [3.05, 3.63) is 72.9 Å². The van der Waals surface area contributed by atoms with Crippen molar-refractivity contribution in [2.24, 2.45) is 0 Å². The maximum atomic E-state index is 12.9. The van der Waals surface area contributed by atoms with Crippen LogP contribution in [0.5, 0.6) is 0 Å². The Morgan fingerprint density at radius 1 is 0.276 bits per heavy atom. The summed E-state index contributed by atoms with van der Waals surface area (Å²) in [6, 6.07) is 0. The molecule has 0 aromatic heterocycles. The van der Waals surface area contributed by atoms with E-state index in [1.54, 1.807) is 0 Å². The summed E-state index contributed by atoms with van der Waals surface area (Å²) in [6.45, 7) is 6.48. The van der Waals surface area contributed by atoms with Crippen molar-refractivity contribution >= 4 is 17.9 Å². The summed E-state index contributed by atoms with van der Waals surface area (Å²) in [5.74, 6) is -0.897. The smallest absolute Gasteiger partial charge is 0.306 e. The Hall–Kier alpha value is -3.15. The van der Waals surface area contributed by atoms with E-state index in [0.717, 1.165) is 122 Å². The standard InChI is InChI=1S/C70H124O6/c1-4-7-10-13-16-19-22-25-27-29-31-32-33-34-35-36-37-39-40-42-45-48-51-54-57-60-63-69(72)75-66-67(65-74-68(71)62-59-56-53-50-47-44-24-21-18-15-12-9-6-3)76-70(73)64-61-58-55-52-49-46-43-41-38-30-28-26-23-20-17-14-11-8-5-2/h8,11-12,15,17,20-21,24,26,28,38,41,67H,4-7,9-10,13-14,16,18-19,22-23,25,27,29-37,39-40,42-66H2,1-3H3/b11-8-,15-12-,20-17-,24-21-,28-26-,41-38-. The predicted octanol–water partition coefficient (Wildman–Crippen LogP) is 22.5. The zero-order valence-electron chi connectivity index (χ0n) is 50.5. The third kappa shape index (κ3) is 61.7. The topological polar surface area (TPSA) is 78.9 Å². The van der Waals surface area contributed by atoms with E-state index in [4.69, 9.17) is 14.2 Å². The Labute approximate surface area is 472 Å². The number of allylic oxidation sites excluding steroid dienone is 12. The molecule has 0 N–H and O–H groups in total. The number of hydrogen-bond acceptors (Lipinski definition) is 6. The molecule has 6 nitrogen and oxygen atoms in total. The lowest BCUT2D eigenvalue weighted by molar-refractivity contribution is -0.167. The minimum Gasteiger partial charge on any atom is -0.462 e. The van der Waals surface area contributed by atoms with E-state index in [1.165, 1.54) is 173 Å².